The van der Waals surface area contributed by atoms with E-state index in [0.717, 1.165) is 57.7 Å². The third kappa shape index (κ3) is 5.62. The molecule has 0 radical (unpaired) electrons. The van der Waals surface area contributed by atoms with Crippen LogP contribution < -0.4 is 15.1 Å². The van der Waals surface area contributed by atoms with Crippen LogP contribution in [0.3, 0.4) is 0 Å². The lowest BCUT2D eigenvalue weighted by atomic mass is 10.2. The van der Waals surface area contributed by atoms with E-state index in [4.69, 9.17) is 4.99 Å². The van der Waals surface area contributed by atoms with Gasteiger partial charge in [0.1, 0.15) is 0 Å². The second kappa shape index (κ2) is 11.1. The third-order valence-electron chi connectivity index (χ3n) is 5.25. The molecule has 2 aromatic rings. The molecule has 0 amide bonds. The van der Waals surface area contributed by atoms with Crippen LogP contribution in [-0.2, 0) is 6.54 Å². The molecule has 1 N–H and O–H groups in total. The van der Waals surface area contributed by atoms with Gasteiger partial charge in [-0.15, -0.1) is 24.0 Å². The van der Waals surface area contributed by atoms with Crippen molar-refractivity contribution >= 4 is 41.6 Å². The fourth-order valence-corrected chi connectivity index (χ4v) is 3.71. The zero-order valence-electron chi connectivity index (χ0n) is 17.4. The summed E-state index contributed by atoms with van der Waals surface area (Å²) in [5, 5.41) is 3.45. The minimum Gasteiger partial charge on any atom is -0.364 e. The Morgan fingerprint density at radius 1 is 1.00 bits per heavy atom. The molecule has 0 aliphatic carbocycles. The molecule has 0 atom stereocenters. The number of hydrogen-bond donors (Lipinski definition) is 1. The number of halogens is 1. The molecule has 2 aliphatic rings. The van der Waals surface area contributed by atoms with Crippen molar-refractivity contribution in [3.63, 3.8) is 0 Å². The van der Waals surface area contributed by atoms with Crippen LogP contribution in [0.15, 0.2) is 59.9 Å². The van der Waals surface area contributed by atoms with Gasteiger partial charge in [-0.3, -0.25) is 0 Å². The summed E-state index contributed by atoms with van der Waals surface area (Å²) >= 11 is 0. The minimum absolute atomic E-state index is 0. The zero-order valence-corrected chi connectivity index (χ0v) is 19.8. The number of hydrogen-bond acceptors (Lipinski definition) is 5. The highest BCUT2D eigenvalue weighted by molar-refractivity contribution is 14.0. The Bertz CT molecular complexity index is 840. The number of rotatable bonds is 5. The largest absolute Gasteiger partial charge is 0.364 e. The molecule has 1 saturated heterocycles. The van der Waals surface area contributed by atoms with Gasteiger partial charge in [0, 0.05) is 63.9 Å². The highest BCUT2D eigenvalue weighted by Crippen LogP contribution is 2.19. The Kier molecular flexibility index (Phi) is 8.30. The van der Waals surface area contributed by atoms with Crippen molar-refractivity contribution in [1.29, 1.82) is 0 Å². The SMILES string of the molecule is CCNC(=NCc1cccc(N2CC=CC2)c1)N1CCN(c2ncccn2)CC1.I. The van der Waals surface area contributed by atoms with E-state index in [-0.39, 0.29) is 24.0 Å². The lowest BCUT2D eigenvalue weighted by Gasteiger charge is -2.36. The van der Waals surface area contributed by atoms with Crippen molar-refractivity contribution in [2.45, 2.75) is 13.5 Å². The summed E-state index contributed by atoms with van der Waals surface area (Å²) in [5.74, 6) is 1.79. The average Bonchev–Trinajstić information content (AvgIpc) is 3.33. The van der Waals surface area contributed by atoms with E-state index >= 15 is 0 Å². The van der Waals surface area contributed by atoms with E-state index in [9.17, 15) is 0 Å². The second-order valence-corrected chi connectivity index (χ2v) is 7.24. The summed E-state index contributed by atoms with van der Waals surface area (Å²) in [6, 6.07) is 10.6. The van der Waals surface area contributed by atoms with Crippen molar-refractivity contribution in [2.24, 2.45) is 4.99 Å². The Labute approximate surface area is 195 Å². The maximum absolute atomic E-state index is 4.92. The number of nitrogens with zero attached hydrogens (tertiary/aromatic N) is 6. The van der Waals surface area contributed by atoms with Crippen LogP contribution in [-0.4, -0.2) is 66.6 Å². The van der Waals surface area contributed by atoms with Crippen LogP contribution in [0.1, 0.15) is 12.5 Å². The van der Waals surface area contributed by atoms with E-state index in [1.54, 1.807) is 12.4 Å². The number of aromatic nitrogens is 2. The van der Waals surface area contributed by atoms with E-state index in [1.165, 1.54) is 11.3 Å². The average molecular weight is 519 g/mol. The van der Waals surface area contributed by atoms with Crippen molar-refractivity contribution in [2.75, 3.05) is 55.6 Å². The van der Waals surface area contributed by atoms with E-state index in [1.807, 2.05) is 6.07 Å². The molecule has 0 unspecified atom stereocenters. The monoisotopic (exact) mass is 519 g/mol. The van der Waals surface area contributed by atoms with E-state index in [2.05, 4.69) is 73.3 Å². The van der Waals surface area contributed by atoms with Gasteiger partial charge in [0.05, 0.1) is 6.54 Å². The Morgan fingerprint density at radius 3 is 2.43 bits per heavy atom. The van der Waals surface area contributed by atoms with Gasteiger partial charge < -0.3 is 20.0 Å². The fraction of sp³-hybridized carbons (Fsp3) is 0.409. The highest BCUT2D eigenvalue weighted by Gasteiger charge is 2.21. The molecule has 0 spiro atoms. The van der Waals surface area contributed by atoms with Crippen LogP contribution in [0.4, 0.5) is 11.6 Å². The first-order valence-corrected chi connectivity index (χ1v) is 10.4. The summed E-state index contributed by atoms with van der Waals surface area (Å²) in [7, 11) is 0. The van der Waals surface area contributed by atoms with E-state index < -0.39 is 0 Å². The lowest BCUT2D eigenvalue weighted by molar-refractivity contribution is 0.370. The molecule has 1 aromatic heterocycles. The molecule has 3 heterocycles. The Balaban J connectivity index is 0.00000256. The third-order valence-corrected chi connectivity index (χ3v) is 5.25. The van der Waals surface area contributed by atoms with Gasteiger partial charge in [0.2, 0.25) is 5.95 Å². The van der Waals surface area contributed by atoms with Crippen LogP contribution >= 0.6 is 24.0 Å². The van der Waals surface area contributed by atoms with E-state index in [0.29, 0.717) is 6.54 Å². The normalized spacial score (nSPS) is 16.6. The molecule has 2 aliphatic heterocycles. The van der Waals surface area contributed by atoms with Gasteiger partial charge in [0.15, 0.2) is 5.96 Å². The molecule has 30 heavy (non-hydrogen) atoms. The first-order chi connectivity index (χ1) is 14.3. The van der Waals surface area contributed by atoms with Crippen molar-refractivity contribution in [3.05, 3.63) is 60.4 Å². The number of aliphatic imine (C=N–C) groups is 1. The second-order valence-electron chi connectivity index (χ2n) is 7.24. The standard InChI is InChI=1S/C22H29N7.HI/c1-2-23-21(28-13-15-29(16-14-28)22-24-9-6-10-25-22)26-18-19-7-5-8-20(17-19)27-11-3-4-12-27;/h3-10,17H,2,11-16,18H2,1H3,(H,23,26);1H. The Hall–Kier alpha value is -2.36. The van der Waals surface area contributed by atoms with Crippen molar-refractivity contribution in [1.82, 2.24) is 20.2 Å². The topological polar surface area (TPSA) is 59.9 Å². The number of benzene rings is 1. The predicted octanol–water partition coefficient (Wildman–Crippen LogP) is 2.76. The van der Waals surface area contributed by atoms with Gasteiger partial charge in [-0.2, -0.15) is 0 Å². The minimum atomic E-state index is 0. The van der Waals surface area contributed by atoms with Crippen molar-refractivity contribution < 1.29 is 0 Å². The molecular weight excluding hydrogens is 489 g/mol. The van der Waals surface area contributed by atoms with Crippen LogP contribution in [0.2, 0.25) is 0 Å². The van der Waals surface area contributed by atoms with Gasteiger partial charge in [0.25, 0.3) is 0 Å². The molecule has 0 saturated carbocycles. The molecule has 160 valence electrons. The summed E-state index contributed by atoms with van der Waals surface area (Å²) < 4.78 is 0. The molecular formula is C22H30IN7. The predicted molar refractivity (Wildman–Crippen MR) is 134 cm³/mol. The smallest absolute Gasteiger partial charge is 0.225 e. The molecule has 1 aromatic carbocycles. The van der Waals surface area contributed by atoms with Crippen LogP contribution in [0, 0.1) is 0 Å². The van der Waals surface area contributed by atoms with Crippen LogP contribution in [0.25, 0.3) is 0 Å². The summed E-state index contributed by atoms with van der Waals surface area (Å²) in [5.41, 5.74) is 2.50. The first-order valence-electron chi connectivity index (χ1n) is 10.4. The number of piperazine rings is 1. The van der Waals surface area contributed by atoms with Crippen molar-refractivity contribution in [3.8, 4) is 0 Å². The van der Waals surface area contributed by atoms with Gasteiger partial charge in [-0.25, -0.2) is 15.0 Å². The molecule has 0 bridgehead atoms. The molecule has 7 nitrogen and oxygen atoms in total. The number of nitrogens with one attached hydrogen (secondary N) is 1. The summed E-state index contributed by atoms with van der Waals surface area (Å²) in [6.45, 7) is 9.24. The van der Waals surface area contributed by atoms with Gasteiger partial charge in [-0.1, -0.05) is 24.3 Å². The van der Waals surface area contributed by atoms with Crippen LogP contribution in [0.5, 0.6) is 0 Å². The maximum Gasteiger partial charge on any atom is 0.225 e. The molecule has 4 rings (SSSR count). The quantitative estimate of drug-likeness (QED) is 0.284. The van der Waals surface area contributed by atoms with Gasteiger partial charge >= 0.3 is 0 Å². The first kappa shape index (κ1) is 22.3. The van der Waals surface area contributed by atoms with Gasteiger partial charge in [-0.05, 0) is 30.7 Å². The lowest BCUT2D eigenvalue weighted by Crippen LogP contribution is -2.52. The maximum atomic E-state index is 4.92. The fourth-order valence-electron chi connectivity index (χ4n) is 3.71. The number of anilines is 2. The molecule has 1 fully saturated rings. The summed E-state index contributed by atoms with van der Waals surface area (Å²) in [6.07, 6.45) is 8.03. The highest BCUT2D eigenvalue weighted by atomic mass is 127. The Morgan fingerprint density at radius 2 is 1.73 bits per heavy atom. The number of guanidine groups is 1. The molecule has 8 heteroatoms. The zero-order chi connectivity index (χ0) is 19.9. The summed E-state index contributed by atoms with van der Waals surface area (Å²) in [4.78, 5) is 20.6.